The Bertz CT molecular complexity index is 1620. The number of carbonyl (C=O) groups is 1. The normalized spacial score (nSPS) is 15.2. The zero-order valence-corrected chi connectivity index (χ0v) is 23.8. The van der Waals surface area contributed by atoms with Gasteiger partial charge in [-0.25, -0.2) is 13.6 Å². The minimum Gasteiger partial charge on any atom is -0.495 e. The van der Waals surface area contributed by atoms with Gasteiger partial charge in [-0.1, -0.05) is 12.0 Å². The van der Waals surface area contributed by atoms with Gasteiger partial charge in [-0.2, -0.15) is 13.2 Å². The molecule has 1 aliphatic heterocycles. The van der Waals surface area contributed by atoms with Crippen molar-refractivity contribution >= 4 is 38.2 Å². The zero-order valence-electron chi connectivity index (χ0n) is 23.0. The zero-order chi connectivity index (χ0) is 30.7. The van der Waals surface area contributed by atoms with E-state index in [1.807, 2.05) is 0 Å². The number of amides is 1. The highest BCUT2D eigenvalue weighted by molar-refractivity contribution is 7.89. The van der Waals surface area contributed by atoms with Crippen LogP contribution in [-0.4, -0.2) is 74.0 Å². The number of methoxy groups -OCH3 is 1. The number of fused-ring (bicyclic) bond motifs is 1. The number of rotatable bonds is 8. The van der Waals surface area contributed by atoms with E-state index in [4.69, 9.17) is 9.88 Å². The Balaban J connectivity index is 1.55. The molecule has 1 atom stereocenters. The number of aromatic nitrogens is 1. The summed E-state index contributed by atoms with van der Waals surface area (Å²) in [6.07, 6.45) is -4.30. The van der Waals surface area contributed by atoms with E-state index in [0.717, 1.165) is 4.57 Å². The summed E-state index contributed by atoms with van der Waals surface area (Å²) in [5.74, 6) is 5.55. The summed E-state index contributed by atoms with van der Waals surface area (Å²) in [6, 6.07) is 10.7. The molecule has 2 heterocycles. The predicted octanol–water partition coefficient (Wildman–Crippen LogP) is 3.11. The molecular weight excluding hydrogens is 575 g/mol. The number of aliphatic hydroxyl groups excluding tert-OH is 1. The van der Waals surface area contributed by atoms with Crippen molar-refractivity contribution in [2.45, 2.75) is 49.5 Å². The number of aliphatic hydroxyl groups is 1. The Kier molecular flexibility index (Phi) is 9.24. The fourth-order valence-corrected chi connectivity index (χ4v) is 5.39. The van der Waals surface area contributed by atoms with E-state index >= 15 is 0 Å². The van der Waals surface area contributed by atoms with Crippen molar-refractivity contribution in [3.05, 3.63) is 48.2 Å². The van der Waals surface area contributed by atoms with Crippen molar-refractivity contribution in [2.24, 2.45) is 5.14 Å². The number of ether oxygens (including phenoxy) is 1. The molecule has 2 aromatic carbocycles. The summed E-state index contributed by atoms with van der Waals surface area (Å²) < 4.78 is 70.2. The smallest absolute Gasteiger partial charge is 0.406 e. The van der Waals surface area contributed by atoms with Crippen LogP contribution in [0.15, 0.2) is 47.4 Å². The molecule has 1 saturated heterocycles. The Labute approximate surface area is 241 Å². The van der Waals surface area contributed by atoms with E-state index in [1.54, 1.807) is 29.2 Å². The van der Waals surface area contributed by atoms with E-state index < -0.39 is 28.8 Å². The molecule has 0 radical (unpaired) electrons. The van der Waals surface area contributed by atoms with Crippen molar-refractivity contribution in [1.29, 1.82) is 0 Å². The SMILES string of the molecule is COc1cc(S(N)(=O)=O)ccc1NCC#Cc1cc2c(NC3CCN(C(=O)C(C)O)CC3)cccc2n1CC(F)(F)F. The van der Waals surface area contributed by atoms with Crippen LogP contribution < -0.4 is 20.5 Å². The number of alkyl halides is 3. The quantitative estimate of drug-likeness (QED) is 0.289. The first-order chi connectivity index (χ1) is 19.8. The van der Waals surface area contributed by atoms with E-state index in [1.165, 1.54) is 32.2 Å². The fraction of sp³-hybridized carbons (Fsp3) is 0.393. The number of nitrogens with zero attached hydrogens (tertiary/aromatic N) is 2. The number of anilines is 2. The minimum absolute atomic E-state index is 0.00558. The number of primary sulfonamides is 1. The van der Waals surface area contributed by atoms with Crippen molar-refractivity contribution in [3.63, 3.8) is 0 Å². The first-order valence-electron chi connectivity index (χ1n) is 13.1. The third-order valence-corrected chi connectivity index (χ3v) is 7.80. The van der Waals surface area contributed by atoms with Gasteiger partial charge in [-0.3, -0.25) is 4.79 Å². The maximum Gasteiger partial charge on any atom is 0.406 e. The number of benzene rings is 2. The molecular formula is C28H32F3N5O5S. The fourth-order valence-electron chi connectivity index (χ4n) is 4.86. The topological polar surface area (TPSA) is 139 Å². The number of halogens is 3. The average Bonchev–Trinajstić information content (AvgIpc) is 3.27. The molecule has 1 aliphatic rings. The summed E-state index contributed by atoms with van der Waals surface area (Å²) in [5, 5.41) is 21.7. The molecule has 14 heteroatoms. The third kappa shape index (κ3) is 7.47. The number of sulfonamides is 1. The number of piperidine rings is 1. The van der Waals surface area contributed by atoms with Gasteiger partial charge in [0.1, 0.15) is 18.4 Å². The average molecular weight is 608 g/mol. The van der Waals surface area contributed by atoms with Gasteiger partial charge in [0.2, 0.25) is 10.0 Å². The Morgan fingerprint density at radius 2 is 1.90 bits per heavy atom. The van der Waals surface area contributed by atoms with Gasteiger partial charge < -0.3 is 29.9 Å². The van der Waals surface area contributed by atoms with Crippen LogP contribution in [0.4, 0.5) is 24.5 Å². The van der Waals surface area contributed by atoms with Gasteiger partial charge in [0.15, 0.2) is 0 Å². The van der Waals surface area contributed by atoms with Gasteiger partial charge in [-0.05, 0) is 56.0 Å². The molecule has 1 amide bonds. The highest BCUT2D eigenvalue weighted by Gasteiger charge is 2.30. The predicted molar refractivity (Wildman–Crippen MR) is 153 cm³/mol. The molecule has 0 bridgehead atoms. The Morgan fingerprint density at radius 1 is 1.19 bits per heavy atom. The van der Waals surface area contributed by atoms with Crippen molar-refractivity contribution in [1.82, 2.24) is 9.47 Å². The van der Waals surface area contributed by atoms with Crippen LogP contribution in [0.1, 0.15) is 25.5 Å². The number of nitrogens with two attached hydrogens (primary N) is 1. The summed E-state index contributed by atoms with van der Waals surface area (Å²) in [4.78, 5) is 13.6. The van der Waals surface area contributed by atoms with Crippen LogP contribution in [0.3, 0.4) is 0 Å². The highest BCUT2D eigenvalue weighted by atomic mass is 32.2. The monoisotopic (exact) mass is 607 g/mol. The number of carbonyl (C=O) groups excluding carboxylic acids is 1. The van der Waals surface area contributed by atoms with Crippen LogP contribution >= 0.6 is 0 Å². The van der Waals surface area contributed by atoms with Crippen LogP contribution in [0.25, 0.3) is 10.9 Å². The van der Waals surface area contributed by atoms with Crippen LogP contribution in [0.2, 0.25) is 0 Å². The molecule has 0 spiro atoms. The summed E-state index contributed by atoms with van der Waals surface area (Å²) in [7, 11) is -2.57. The van der Waals surface area contributed by atoms with Crippen molar-refractivity contribution < 1.29 is 36.2 Å². The molecule has 1 unspecified atom stereocenters. The second kappa shape index (κ2) is 12.5. The first kappa shape index (κ1) is 31.0. The maximum absolute atomic E-state index is 13.6. The van der Waals surface area contributed by atoms with Crippen molar-refractivity contribution in [3.8, 4) is 17.6 Å². The van der Waals surface area contributed by atoms with Crippen molar-refractivity contribution in [2.75, 3.05) is 37.4 Å². The van der Waals surface area contributed by atoms with E-state index in [0.29, 0.717) is 48.2 Å². The highest BCUT2D eigenvalue weighted by Crippen LogP contribution is 2.31. The molecule has 0 aliphatic carbocycles. The standard InChI is InChI=1S/C28H32F3N5O5S/c1-18(37)27(38)35-13-10-19(11-14-35)34-23-6-3-7-25-22(23)15-20(36(25)17-28(29,30)31)5-4-12-33-24-9-8-21(42(32,39)40)16-26(24)41-2/h3,6-9,15-16,18-19,33-34,37H,10-14,17H2,1-2H3,(H2,32,39,40). The summed E-state index contributed by atoms with van der Waals surface area (Å²) in [5.41, 5.74) is 1.64. The molecule has 0 saturated carbocycles. The van der Waals surface area contributed by atoms with Crippen LogP contribution in [0, 0.1) is 11.8 Å². The molecule has 1 aromatic heterocycles. The van der Waals surface area contributed by atoms with E-state index in [9.17, 15) is 31.5 Å². The molecule has 4 rings (SSSR count). The number of nitrogens with one attached hydrogen (secondary N) is 2. The van der Waals surface area contributed by atoms with Gasteiger partial charge in [0.05, 0.1) is 35.4 Å². The van der Waals surface area contributed by atoms with E-state index in [-0.39, 0.29) is 34.8 Å². The first-order valence-corrected chi connectivity index (χ1v) is 14.7. The number of hydrogen-bond donors (Lipinski definition) is 4. The molecule has 3 aromatic rings. The van der Waals surface area contributed by atoms with Gasteiger partial charge >= 0.3 is 6.18 Å². The lowest BCUT2D eigenvalue weighted by molar-refractivity contribution is -0.140. The molecule has 1 fully saturated rings. The van der Waals surface area contributed by atoms with Gasteiger partial charge in [0.25, 0.3) is 5.91 Å². The number of likely N-dealkylation sites (tertiary alicyclic amines) is 1. The maximum atomic E-state index is 13.6. The summed E-state index contributed by atoms with van der Waals surface area (Å²) >= 11 is 0. The molecule has 5 N–H and O–H groups in total. The Morgan fingerprint density at radius 3 is 2.52 bits per heavy atom. The van der Waals surface area contributed by atoms with Crippen LogP contribution in [-0.2, 0) is 21.4 Å². The second-order valence-corrected chi connectivity index (χ2v) is 11.5. The lowest BCUT2D eigenvalue weighted by Crippen LogP contribution is -2.45. The summed E-state index contributed by atoms with van der Waals surface area (Å²) in [6.45, 7) is 1.17. The lowest BCUT2D eigenvalue weighted by Gasteiger charge is -2.33. The lowest BCUT2D eigenvalue weighted by atomic mass is 10.0. The number of hydrogen-bond acceptors (Lipinski definition) is 7. The second-order valence-electron chi connectivity index (χ2n) is 9.95. The molecule has 226 valence electrons. The molecule has 42 heavy (non-hydrogen) atoms. The van der Waals surface area contributed by atoms with E-state index in [2.05, 4.69) is 22.5 Å². The molecule has 10 nitrogen and oxygen atoms in total. The van der Waals surface area contributed by atoms with Gasteiger partial charge in [-0.15, -0.1) is 0 Å². The van der Waals surface area contributed by atoms with Gasteiger partial charge in [0, 0.05) is 36.3 Å². The largest absolute Gasteiger partial charge is 0.495 e. The third-order valence-electron chi connectivity index (χ3n) is 6.89. The minimum atomic E-state index is -4.48. The Hall–Kier alpha value is -3.93. The van der Waals surface area contributed by atoms with Crippen LogP contribution in [0.5, 0.6) is 5.75 Å².